The van der Waals surface area contributed by atoms with Gasteiger partial charge in [-0.1, -0.05) is 53.2 Å². The summed E-state index contributed by atoms with van der Waals surface area (Å²) in [5.41, 5.74) is -0.714. The van der Waals surface area contributed by atoms with Crippen molar-refractivity contribution in [2.24, 2.45) is 17.8 Å². The zero-order valence-electron chi connectivity index (χ0n) is 34.7. The lowest BCUT2D eigenvalue weighted by Crippen LogP contribution is -2.55. The van der Waals surface area contributed by atoms with Gasteiger partial charge in [-0.3, -0.25) is 33.6 Å². The maximum Gasteiger partial charge on any atom is 0.471 e. The Kier molecular flexibility index (Phi) is 17.1. The number of amides is 5. The van der Waals surface area contributed by atoms with Crippen LogP contribution in [0.4, 0.5) is 13.2 Å². The van der Waals surface area contributed by atoms with Gasteiger partial charge in [-0.25, -0.2) is 4.21 Å². The highest BCUT2D eigenvalue weighted by molar-refractivity contribution is 7.83. The first-order valence-corrected chi connectivity index (χ1v) is 20.6. The Morgan fingerprint density at radius 1 is 0.982 bits per heavy atom. The molecule has 322 valence electrons. The molecule has 2 aliphatic rings. The number of ether oxygens (including phenoxy) is 2. The molecule has 8 unspecified atom stereocenters. The first-order valence-electron chi connectivity index (χ1n) is 19.4. The SMILES string of the molecule is CCC(C)C(C(CC(=O)N1CCCC1C(OC)C(C)C(=O)NS(=O)c1ccc(C2(NC(=O)C(F)(F)F)CC2)cc1)OC)N(C)C(=O)CNC(=O)C(C(C)C)N(C)C. The second kappa shape index (κ2) is 20.4. The van der Waals surface area contributed by atoms with Crippen molar-refractivity contribution >= 4 is 40.5 Å². The van der Waals surface area contributed by atoms with Gasteiger partial charge in [-0.2, -0.15) is 13.2 Å². The van der Waals surface area contributed by atoms with Gasteiger partial charge in [0.15, 0.2) is 11.0 Å². The van der Waals surface area contributed by atoms with Crippen LogP contribution in [0.2, 0.25) is 0 Å². The van der Waals surface area contributed by atoms with Crippen LogP contribution in [0.5, 0.6) is 0 Å². The van der Waals surface area contributed by atoms with E-state index in [4.69, 9.17) is 9.47 Å². The van der Waals surface area contributed by atoms with Gasteiger partial charge >= 0.3 is 12.1 Å². The normalized spacial score (nSPS) is 20.2. The Labute approximate surface area is 336 Å². The molecule has 1 saturated heterocycles. The second-order valence-electron chi connectivity index (χ2n) is 15.8. The number of carbonyl (C=O) groups is 5. The van der Waals surface area contributed by atoms with Crippen LogP contribution in [-0.4, -0.2) is 133 Å². The topological polar surface area (TPSA) is 167 Å². The minimum absolute atomic E-state index is 0.0290. The maximum atomic E-state index is 14.0. The summed E-state index contributed by atoms with van der Waals surface area (Å²) in [4.78, 5) is 70.6. The summed E-state index contributed by atoms with van der Waals surface area (Å²) in [7, 11) is 6.17. The number of alkyl halides is 3. The first-order chi connectivity index (χ1) is 26.6. The Bertz CT molecular complexity index is 1580. The fraction of sp³-hybridized carbons (Fsp3) is 0.718. The molecule has 5 amide bonds. The smallest absolute Gasteiger partial charge is 0.379 e. The number of benzene rings is 1. The minimum Gasteiger partial charge on any atom is -0.379 e. The van der Waals surface area contributed by atoms with E-state index in [9.17, 15) is 41.4 Å². The number of carbonyl (C=O) groups excluding carboxylic acids is 5. The monoisotopic (exact) mass is 830 g/mol. The van der Waals surface area contributed by atoms with Crippen LogP contribution in [0, 0.1) is 17.8 Å². The molecule has 1 aromatic rings. The highest BCUT2D eigenvalue weighted by atomic mass is 32.2. The van der Waals surface area contributed by atoms with Gasteiger partial charge in [0.2, 0.25) is 23.6 Å². The lowest BCUT2D eigenvalue weighted by molar-refractivity contribution is -0.174. The van der Waals surface area contributed by atoms with Gasteiger partial charge in [0.25, 0.3) is 0 Å². The Morgan fingerprint density at radius 3 is 2.09 bits per heavy atom. The fourth-order valence-corrected chi connectivity index (χ4v) is 8.76. The number of hydrogen-bond acceptors (Lipinski definition) is 9. The zero-order valence-corrected chi connectivity index (χ0v) is 35.6. The lowest BCUT2D eigenvalue weighted by Gasteiger charge is -2.39. The number of nitrogens with one attached hydrogen (secondary N) is 3. The molecule has 3 rings (SSSR count). The fourth-order valence-electron chi connectivity index (χ4n) is 7.89. The van der Waals surface area contributed by atoms with Crippen LogP contribution in [0.1, 0.15) is 78.7 Å². The molecule has 57 heavy (non-hydrogen) atoms. The third-order valence-electron chi connectivity index (χ3n) is 11.3. The Balaban J connectivity index is 1.67. The molecule has 0 spiro atoms. The van der Waals surface area contributed by atoms with E-state index < -0.39 is 70.8 Å². The van der Waals surface area contributed by atoms with Crippen molar-refractivity contribution in [1.82, 2.24) is 30.1 Å². The summed E-state index contributed by atoms with van der Waals surface area (Å²) in [5.74, 6) is -4.33. The summed E-state index contributed by atoms with van der Waals surface area (Å²) in [6, 6.07) is 4.41. The number of halogens is 3. The molecule has 1 aromatic carbocycles. The minimum atomic E-state index is -5.02. The molecule has 14 nitrogen and oxygen atoms in total. The highest BCUT2D eigenvalue weighted by Crippen LogP contribution is 2.46. The van der Waals surface area contributed by atoms with E-state index in [0.717, 1.165) is 0 Å². The number of hydrogen-bond donors (Lipinski definition) is 3. The average molecular weight is 831 g/mol. The number of rotatable bonds is 20. The van der Waals surface area contributed by atoms with E-state index in [0.29, 0.717) is 44.2 Å². The molecule has 18 heteroatoms. The summed E-state index contributed by atoms with van der Waals surface area (Å²) >= 11 is 0. The van der Waals surface area contributed by atoms with Crippen LogP contribution in [0.3, 0.4) is 0 Å². The van der Waals surface area contributed by atoms with Crippen molar-refractivity contribution in [3.63, 3.8) is 0 Å². The largest absolute Gasteiger partial charge is 0.471 e. The average Bonchev–Trinajstić information content (AvgIpc) is 3.77. The van der Waals surface area contributed by atoms with Crippen LogP contribution >= 0.6 is 0 Å². The highest BCUT2D eigenvalue weighted by Gasteiger charge is 2.51. The van der Waals surface area contributed by atoms with E-state index in [-0.39, 0.29) is 47.4 Å². The number of methoxy groups -OCH3 is 2. The van der Waals surface area contributed by atoms with Crippen molar-refractivity contribution in [2.75, 3.05) is 48.5 Å². The Hall–Kier alpha value is -3.61. The molecule has 0 aromatic heterocycles. The van der Waals surface area contributed by atoms with E-state index in [1.807, 2.05) is 52.0 Å². The Morgan fingerprint density at radius 2 is 1.60 bits per heavy atom. The van der Waals surface area contributed by atoms with Gasteiger partial charge in [0, 0.05) is 27.8 Å². The third-order valence-corrected chi connectivity index (χ3v) is 12.4. The van der Waals surface area contributed by atoms with Gasteiger partial charge in [-0.05, 0) is 69.3 Å². The quantitative estimate of drug-likeness (QED) is 0.179. The van der Waals surface area contributed by atoms with Crippen molar-refractivity contribution in [2.45, 2.75) is 120 Å². The molecule has 0 radical (unpaired) electrons. The second-order valence-corrected chi connectivity index (χ2v) is 17.0. The van der Waals surface area contributed by atoms with Crippen molar-refractivity contribution in [3.05, 3.63) is 29.8 Å². The van der Waals surface area contributed by atoms with E-state index in [1.54, 1.807) is 23.8 Å². The molecule has 1 aliphatic carbocycles. The van der Waals surface area contributed by atoms with E-state index >= 15 is 0 Å². The number of likely N-dealkylation sites (N-methyl/N-ethyl adjacent to an activating group) is 2. The summed E-state index contributed by atoms with van der Waals surface area (Å²) in [6.45, 7) is 9.64. The van der Waals surface area contributed by atoms with Gasteiger partial charge in [0.05, 0.1) is 59.7 Å². The standard InChI is InChI=1S/C39H61F3N6O8S/c1-11-24(4)33(47(8)31(50)22-43-36(52)32(23(2)3)46(6)7)29(55-9)21-30(49)48-20-12-13-28(48)34(56-10)25(5)35(51)45-57(54)27-16-14-26(15-17-27)38(18-19-38)44-37(53)39(40,41)42/h14-17,23-25,28-29,32-34H,11-13,18-22H2,1-10H3,(H,43,52)(H,44,53)(H,45,51). The summed E-state index contributed by atoms with van der Waals surface area (Å²) < 4.78 is 65.9. The van der Waals surface area contributed by atoms with E-state index in [2.05, 4.69) is 10.0 Å². The number of likely N-dealkylation sites (tertiary alicyclic amines) is 1. The zero-order chi connectivity index (χ0) is 43.0. The van der Waals surface area contributed by atoms with Crippen LogP contribution in [0.25, 0.3) is 0 Å². The summed E-state index contributed by atoms with van der Waals surface area (Å²) in [6.07, 6.45) is -3.98. The van der Waals surface area contributed by atoms with Gasteiger partial charge in [-0.15, -0.1) is 0 Å². The first kappa shape index (κ1) is 47.8. The molecular formula is C39H61F3N6O8S. The molecule has 1 heterocycles. The van der Waals surface area contributed by atoms with Crippen molar-refractivity contribution in [3.8, 4) is 0 Å². The molecule has 3 N–H and O–H groups in total. The molecule has 2 fully saturated rings. The van der Waals surface area contributed by atoms with E-state index in [1.165, 1.54) is 38.5 Å². The van der Waals surface area contributed by atoms with Crippen LogP contribution < -0.4 is 15.4 Å². The summed E-state index contributed by atoms with van der Waals surface area (Å²) in [5, 5.41) is 4.81. The number of nitrogens with zero attached hydrogens (tertiary/aromatic N) is 3. The molecule has 8 atom stereocenters. The molecule has 1 saturated carbocycles. The molecular weight excluding hydrogens is 770 g/mol. The van der Waals surface area contributed by atoms with Gasteiger partial charge in [0.1, 0.15) is 0 Å². The van der Waals surface area contributed by atoms with Crippen LogP contribution in [0.15, 0.2) is 29.2 Å². The molecule has 0 bridgehead atoms. The maximum absolute atomic E-state index is 14.0. The van der Waals surface area contributed by atoms with Gasteiger partial charge < -0.3 is 29.9 Å². The van der Waals surface area contributed by atoms with Crippen LogP contribution in [-0.2, 0) is 50.0 Å². The predicted octanol–water partition coefficient (Wildman–Crippen LogP) is 3.12. The predicted molar refractivity (Wildman–Crippen MR) is 208 cm³/mol. The molecule has 1 aliphatic heterocycles. The van der Waals surface area contributed by atoms with Crippen molar-refractivity contribution < 1.29 is 50.8 Å². The third kappa shape index (κ3) is 12.0. The lowest BCUT2D eigenvalue weighted by atomic mass is 9.90. The van der Waals surface area contributed by atoms with Crippen molar-refractivity contribution in [1.29, 1.82) is 0 Å².